The lowest BCUT2D eigenvalue weighted by atomic mass is 10.2. The maximum atomic E-state index is 11.2. The molecule has 112 valence electrons. The van der Waals surface area contributed by atoms with Gasteiger partial charge in [-0.1, -0.05) is 23.2 Å². The van der Waals surface area contributed by atoms with Crippen molar-refractivity contribution < 1.29 is 14.6 Å². The first-order chi connectivity index (χ1) is 9.92. The van der Waals surface area contributed by atoms with Crippen molar-refractivity contribution in [3.63, 3.8) is 0 Å². The van der Waals surface area contributed by atoms with Gasteiger partial charge >= 0.3 is 5.97 Å². The Labute approximate surface area is 132 Å². The van der Waals surface area contributed by atoms with E-state index in [0.717, 1.165) is 11.4 Å². The second kappa shape index (κ2) is 6.37. The van der Waals surface area contributed by atoms with Crippen LogP contribution in [-0.4, -0.2) is 20.9 Å². The highest BCUT2D eigenvalue weighted by molar-refractivity contribution is 6.36. The Morgan fingerprint density at radius 1 is 1.38 bits per heavy atom. The summed E-state index contributed by atoms with van der Waals surface area (Å²) in [6.07, 6.45) is 0. The Morgan fingerprint density at radius 3 is 2.71 bits per heavy atom. The van der Waals surface area contributed by atoms with Crippen LogP contribution in [0.5, 0.6) is 5.75 Å². The zero-order valence-electron chi connectivity index (χ0n) is 11.6. The molecule has 0 atom stereocenters. The normalized spacial score (nSPS) is 10.7. The van der Waals surface area contributed by atoms with Gasteiger partial charge in [0.2, 0.25) is 0 Å². The number of carboxylic acid groups (broad SMARTS) is 1. The molecule has 0 aliphatic rings. The molecule has 0 aliphatic heterocycles. The summed E-state index contributed by atoms with van der Waals surface area (Å²) >= 11 is 11.8. The Kier molecular flexibility index (Phi) is 4.75. The minimum Gasteiger partial charge on any atom is -0.485 e. The molecule has 1 aromatic heterocycles. The SMILES string of the molecule is CCn1nc(C)cc1COc1c(Cl)cc(Cl)cc1C(=O)O. The molecule has 7 heteroatoms. The molecule has 0 aliphatic carbocycles. The predicted molar refractivity (Wildman–Crippen MR) is 80.4 cm³/mol. The van der Waals surface area contributed by atoms with Crippen LogP contribution < -0.4 is 4.74 Å². The number of hydrogen-bond acceptors (Lipinski definition) is 3. The summed E-state index contributed by atoms with van der Waals surface area (Å²) in [6, 6.07) is 4.65. The number of aromatic carboxylic acids is 1. The zero-order valence-corrected chi connectivity index (χ0v) is 13.1. The Hall–Kier alpha value is -1.72. The first kappa shape index (κ1) is 15.7. The maximum absolute atomic E-state index is 11.2. The minimum absolute atomic E-state index is 0.0632. The molecule has 0 radical (unpaired) electrons. The summed E-state index contributed by atoms with van der Waals surface area (Å²) in [6.45, 7) is 4.73. The van der Waals surface area contributed by atoms with Gasteiger partial charge in [-0.15, -0.1) is 0 Å². The fourth-order valence-electron chi connectivity index (χ4n) is 2.00. The quantitative estimate of drug-likeness (QED) is 0.906. The third-order valence-electron chi connectivity index (χ3n) is 2.89. The third-order valence-corrected chi connectivity index (χ3v) is 3.39. The average molecular weight is 329 g/mol. The summed E-state index contributed by atoms with van der Waals surface area (Å²) in [4.78, 5) is 11.2. The first-order valence-corrected chi connectivity index (χ1v) is 7.06. The van der Waals surface area contributed by atoms with E-state index in [9.17, 15) is 9.90 Å². The molecule has 0 amide bonds. The van der Waals surface area contributed by atoms with Crippen LogP contribution in [0.1, 0.15) is 28.7 Å². The van der Waals surface area contributed by atoms with Crippen molar-refractivity contribution in [2.45, 2.75) is 27.0 Å². The van der Waals surface area contributed by atoms with Gasteiger partial charge in [0.25, 0.3) is 0 Å². The van der Waals surface area contributed by atoms with E-state index in [-0.39, 0.29) is 28.0 Å². The van der Waals surface area contributed by atoms with Gasteiger partial charge in [0.15, 0.2) is 5.75 Å². The monoisotopic (exact) mass is 328 g/mol. The number of aryl methyl sites for hydroxylation is 2. The number of carboxylic acids is 1. The van der Waals surface area contributed by atoms with E-state index in [1.807, 2.05) is 19.9 Å². The minimum atomic E-state index is -1.14. The van der Waals surface area contributed by atoms with Crippen molar-refractivity contribution >= 4 is 29.2 Å². The van der Waals surface area contributed by atoms with E-state index in [1.165, 1.54) is 12.1 Å². The molecule has 0 fully saturated rings. The molecule has 0 bridgehead atoms. The van der Waals surface area contributed by atoms with Gasteiger partial charge in [-0.2, -0.15) is 5.10 Å². The molecule has 0 spiro atoms. The van der Waals surface area contributed by atoms with Crippen LogP contribution in [0, 0.1) is 6.92 Å². The van der Waals surface area contributed by atoms with Gasteiger partial charge in [-0.25, -0.2) is 4.79 Å². The van der Waals surface area contributed by atoms with Gasteiger partial charge in [-0.3, -0.25) is 4.68 Å². The molecule has 0 unspecified atom stereocenters. The molecule has 0 saturated carbocycles. The third kappa shape index (κ3) is 3.49. The summed E-state index contributed by atoms with van der Waals surface area (Å²) in [5.74, 6) is -1.04. The summed E-state index contributed by atoms with van der Waals surface area (Å²) in [7, 11) is 0. The fourth-order valence-corrected chi connectivity index (χ4v) is 2.55. The van der Waals surface area contributed by atoms with Crippen molar-refractivity contribution in [3.8, 4) is 5.75 Å². The van der Waals surface area contributed by atoms with Crippen LogP contribution in [0.15, 0.2) is 18.2 Å². The Morgan fingerprint density at radius 2 is 2.10 bits per heavy atom. The molecular formula is C14H14Cl2N2O3. The lowest BCUT2D eigenvalue weighted by Crippen LogP contribution is -2.08. The number of benzene rings is 1. The molecule has 2 rings (SSSR count). The van der Waals surface area contributed by atoms with Gasteiger partial charge in [0, 0.05) is 11.6 Å². The van der Waals surface area contributed by atoms with E-state index in [1.54, 1.807) is 4.68 Å². The molecule has 21 heavy (non-hydrogen) atoms. The molecule has 0 saturated heterocycles. The molecule has 5 nitrogen and oxygen atoms in total. The van der Waals surface area contributed by atoms with Crippen LogP contribution in [0.25, 0.3) is 0 Å². The maximum Gasteiger partial charge on any atom is 0.339 e. The number of carbonyl (C=O) groups is 1. The van der Waals surface area contributed by atoms with Crippen molar-refractivity contribution in [2.24, 2.45) is 0 Å². The molecular weight excluding hydrogens is 315 g/mol. The van der Waals surface area contributed by atoms with Gasteiger partial charge in [0.05, 0.1) is 16.4 Å². The summed E-state index contributed by atoms with van der Waals surface area (Å²) in [5.41, 5.74) is 1.65. The number of ether oxygens (including phenoxy) is 1. The molecule has 1 aromatic carbocycles. The van der Waals surface area contributed by atoms with Crippen LogP contribution in [0.3, 0.4) is 0 Å². The van der Waals surface area contributed by atoms with E-state index in [2.05, 4.69) is 5.10 Å². The van der Waals surface area contributed by atoms with Crippen LogP contribution in [0.2, 0.25) is 10.0 Å². The molecule has 2 aromatic rings. The lowest BCUT2D eigenvalue weighted by Gasteiger charge is -2.12. The van der Waals surface area contributed by atoms with Gasteiger partial charge in [-0.05, 0) is 32.0 Å². The topological polar surface area (TPSA) is 64.4 Å². The highest BCUT2D eigenvalue weighted by Crippen LogP contribution is 2.33. The molecule has 1 heterocycles. The van der Waals surface area contributed by atoms with Gasteiger partial charge in [0.1, 0.15) is 12.2 Å². The highest BCUT2D eigenvalue weighted by Gasteiger charge is 2.17. The Bertz CT molecular complexity index is 683. The first-order valence-electron chi connectivity index (χ1n) is 6.30. The second-order valence-electron chi connectivity index (χ2n) is 4.45. The predicted octanol–water partition coefficient (Wildman–Crippen LogP) is 3.80. The Balaban J connectivity index is 2.29. The number of rotatable bonds is 5. The van der Waals surface area contributed by atoms with E-state index in [0.29, 0.717) is 6.54 Å². The smallest absolute Gasteiger partial charge is 0.339 e. The largest absolute Gasteiger partial charge is 0.485 e. The standard InChI is InChI=1S/C14H14Cl2N2O3/c1-3-18-10(4-8(2)17-18)7-21-13-11(14(19)20)5-9(15)6-12(13)16/h4-6H,3,7H2,1-2H3,(H,19,20). The average Bonchev–Trinajstić information content (AvgIpc) is 2.77. The van der Waals surface area contributed by atoms with Crippen LogP contribution in [-0.2, 0) is 13.2 Å². The van der Waals surface area contributed by atoms with Crippen molar-refractivity contribution in [3.05, 3.63) is 45.2 Å². The van der Waals surface area contributed by atoms with Crippen molar-refractivity contribution in [2.75, 3.05) is 0 Å². The highest BCUT2D eigenvalue weighted by atomic mass is 35.5. The van der Waals surface area contributed by atoms with Crippen molar-refractivity contribution in [1.29, 1.82) is 0 Å². The van der Waals surface area contributed by atoms with Crippen molar-refractivity contribution in [1.82, 2.24) is 9.78 Å². The van der Waals surface area contributed by atoms with E-state index >= 15 is 0 Å². The van der Waals surface area contributed by atoms with Gasteiger partial charge < -0.3 is 9.84 Å². The number of halogens is 2. The van der Waals surface area contributed by atoms with Crippen LogP contribution in [0.4, 0.5) is 0 Å². The summed E-state index contributed by atoms with van der Waals surface area (Å²) < 4.78 is 7.39. The second-order valence-corrected chi connectivity index (χ2v) is 5.29. The summed E-state index contributed by atoms with van der Waals surface area (Å²) in [5, 5.41) is 13.9. The molecule has 1 N–H and O–H groups in total. The number of hydrogen-bond donors (Lipinski definition) is 1. The zero-order chi connectivity index (χ0) is 15.6. The van der Waals surface area contributed by atoms with Crippen LogP contribution >= 0.6 is 23.2 Å². The number of nitrogens with zero attached hydrogens (tertiary/aromatic N) is 2. The fraction of sp³-hybridized carbons (Fsp3) is 0.286. The van der Waals surface area contributed by atoms with E-state index in [4.69, 9.17) is 27.9 Å². The number of aromatic nitrogens is 2. The van der Waals surface area contributed by atoms with E-state index < -0.39 is 5.97 Å². The lowest BCUT2D eigenvalue weighted by molar-refractivity contribution is 0.0691.